The molecule has 0 aliphatic carbocycles. The van der Waals surface area contributed by atoms with Gasteiger partial charge in [-0.1, -0.05) is 34.1 Å². The van der Waals surface area contributed by atoms with Gasteiger partial charge in [0, 0.05) is 9.85 Å². The molecule has 1 aromatic heterocycles. The first-order valence-corrected chi connectivity index (χ1v) is 7.68. The predicted molar refractivity (Wildman–Crippen MR) is 81.3 cm³/mol. The van der Waals surface area contributed by atoms with Crippen LogP contribution in [0.5, 0.6) is 0 Å². The number of carbonyl (C=O) groups excluding carboxylic acids is 1. The first-order valence-electron chi connectivity index (χ1n) is 6.01. The van der Waals surface area contributed by atoms with Crippen molar-refractivity contribution in [2.24, 2.45) is 0 Å². The molecule has 1 atom stereocenters. The summed E-state index contributed by atoms with van der Waals surface area (Å²) in [4.78, 5) is 16.3. The minimum atomic E-state index is -0.0252. The minimum absolute atomic E-state index is 0.00597. The Hall–Kier alpha value is -1.20. The maximum atomic E-state index is 12.0. The van der Waals surface area contributed by atoms with Crippen molar-refractivity contribution in [3.8, 4) is 0 Å². The molecule has 19 heavy (non-hydrogen) atoms. The lowest BCUT2D eigenvalue weighted by Gasteiger charge is -2.15. The van der Waals surface area contributed by atoms with Crippen LogP contribution < -0.4 is 5.32 Å². The number of thiazole rings is 1. The van der Waals surface area contributed by atoms with Crippen LogP contribution in [0.15, 0.2) is 34.1 Å². The molecule has 0 aliphatic rings. The average molecular weight is 339 g/mol. The van der Waals surface area contributed by atoms with Gasteiger partial charge < -0.3 is 5.32 Å². The molecular weight excluding hydrogens is 324 g/mol. The summed E-state index contributed by atoms with van der Waals surface area (Å²) in [6, 6.07) is 7.87. The summed E-state index contributed by atoms with van der Waals surface area (Å²) in [6.45, 7) is 3.92. The van der Waals surface area contributed by atoms with Gasteiger partial charge in [-0.2, -0.15) is 0 Å². The van der Waals surface area contributed by atoms with Gasteiger partial charge in [-0.15, -0.1) is 11.3 Å². The van der Waals surface area contributed by atoms with Crippen molar-refractivity contribution in [2.45, 2.75) is 26.3 Å². The number of aromatic nitrogens is 1. The van der Waals surface area contributed by atoms with Gasteiger partial charge in [0.2, 0.25) is 5.91 Å². The largest absolute Gasteiger partial charge is 0.349 e. The van der Waals surface area contributed by atoms with Crippen LogP contribution in [-0.4, -0.2) is 10.9 Å². The SMILES string of the molecule is Cc1nc(CC(=O)N[C@H](C)c2ccccc2Br)cs1. The van der Waals surface area contributed by atoms with E-state index in [1.165, 1.54) is 0 Å². The van der Waals surface area contributed by atoms with Crippen molar-refractivity contribution in [1.29, 1.82) is 0 Å². The Labute approximate surface area is 125 Å². The molecular formula is C14H15BrN2OS. The Bertz CT molecular complexity index is 582. The molecule has 0 saturated heterocycles. The molecule has 2 rings (SSSR count). The quantitative estimate of drug-likeness (QED) is 0.924. The number of aryl methyl sites for hydroxylation is 1. The maximum absolute atomic E-state index is 12.0. The number of amides is 1. The standard InChI is InChI=1S/C14H15BrN2OS/c1-9(12-5-3-4-6-13(12)15)16-14(18)7-11-8-19-10(2)17-11/h3-6,8-9H,7H2,1-2H3,(H,16,18)/t9-/m1/s1. The van der Waals surface area contributed by atoms with E-state index in [0.717, 1.165) is 20.7 Å². The summed E-state index contributed by atoms with van der Waals surface area (Å²) in [7, 11) is 0. The summed E-state index contributed by atoms with van der Waals surface area (Å²) in [5, 5.41) is 5.91. The topological polar surface area (TPSA) is 42.0 Å². The third-order valence-electron chi connectivity index (χ3n) is 2.76. The summed E-state index contributed by atoms with van der Waals surface area (Å²) < 4.78 is 1.01. The number of benzene rings is 1. The fourth-order valence-electron chi connectivity index (χ4n) is 1.85. The molecule has 0 saturated carbocycles. The Morgan fingerprint density at radius 2 is 2.21 bits per heavy atom. The maximum Gasteiger partial charge on any atom is 0.226 e. The Morgan fingerprint density at radius 1 is 1.47 bits per heavy atom. The normalized spacial score (nSPS) is 12.2. The van der Waals surface area contributed by atoms with Gasteiger partial charge in [-0.05, 0) is 25.5 Å². The van der Waals surface area contributed by atoms with Crippen LogP contribution >= 0.6 is 27.3 Å². The van der Waals surface area contributed by atoms with Gasteiger partial charge in [-0.3, -0.25) is 4.79 Å². The van der Waals surface area contributed by atoms with Crippen molar-refractivity contribution < 1.29 is 4.79 Å². The van der Waals surface area contributed by atoms with Crippen molar-refractivity contribution in [3.05, 3.63) is 50.4 Å². The van der Waals surface area contributed by atoms with Gasteiger partial charge >= 0.3 is 0 Å². The zero-order chi connectivity index (χ0) is 13.8. The molecule has 1 amide bonds. The number of hydrogen-bond acceptors (Lipinski definition) is 3. The molecule has 100 valence electrons. The third kappa shape index (κ3) is 3.88. The van der Waals surface area contributed by atoms with E-state index in [1.54, 1.807) is 11.3 Å². The summed E-state index contributed by atoms with van der Waals surface area (Å²) in [5.74, 6) is -0.00597. The molecule has 5 heteroatoms. The number of halogens is 1. The predicted octanol–water partition coefficient (Wildman–Crippen LogP) is 3.63. The van der Waals surface area contributed by atoms with E-state index in [2.05, 4.69) is 26.2 Å². The van der Waals surface area contributed by atoms with E-state index >= 15 is 0 Å². The van der Waals surface area contributed by atoms with Crippen molar-refractivity contribution >= 4 is 33.2 Å². The van der Waals surface area contributed by atoms with E-state index in [1.807, 2.05) is 43.5 Å². The second-order valence-electron chi connectivity index (χ2n) is 4.35. The zero-order valence-electron chi connectivity index (χ0n) is 10.8. The third-order valence-corrected chi connectivity index (χ3v) is 4.30. The summed E-state index contributed by atoms with van der Waals surface area (Å²) in [6.07, 6.45) is 0.332. The van der Waals surface area contributed by atoms with Crippen LogP contribution in [0, 0.1) is 6.92 Å². The van der Waals surface area contributed by atoms with E-state index < -0.39 is 0 Å². The first kappa shape index (κ1) is 14.2. The summed E-state index contributed by atoms with van der Waals surface area (Å²) >= 11 is 5.06. The number of nitrogens with one attached hydrogen (secondary N) is 1. The lowest BCUT2D eigenvalue weighted by molar-refractivity contribution is -0.121. The van der Waals surface area contributed by atoms with Crippen molar-refractivity contribution in [1.82, 2.24) is 10.3 Å². The molecule has 0 spiro atoms. The number of hydrogen-bond donors (Lipinski definition) is 1. The lowest BCUT2D eigenvalue weighted by Crippen LogP contribution is -2.28. The van der Waals surface area contributed by atoms with Crippen LogP contribution in [0.4, 0.5) is 0 Å². The highest BCUT2D eigenvalue weighted by atomic mass is 79.9. The van der Waals surface area contributed by atoms with Crippen LogP contribution in [0.2, 0.25) is 0 Å². The van der Waals surface area contributed by atoms with Crippen LogP contribution in [0.25, 0.3) is 0 Å². The fourth-order valence-corrected chi connectivity index (χ4v) is 3.09. The van der Waals surface area contributed by atoms with Gasteiger partial charge in [0.25, 0.3) is 0 Å². The molecule has 0 bridgehead atoms. The minimum Gasteiger partial charge on any atom is -0.349 e. The molecule has 1 heterocycles. The molecule has 0 unspecified atom stereocenters. The summed E-state index contributed by atoms with van der Waals surface area (Å²) in [5.41, 5.74) is 1.91. The van der Waals surface area contributed by atoms with E-state index in [4.69, 9.17) is 0 Å². The van der Waals surface area contributed by atoms with Crippen LogP contribution in [0.3, 0.4) is 0 Å². The molecule has 0 radical (unpaired) electrons. The van der Waals surface area contributed by atoms with Crippen LogP contribution in [-0.2, 0) is 11.2 Å². The zero-order valence-corrected chi connectivity index (χ0v) is 13.2. The number of rotatable bonds is 4. The van der Waals surface area contributed by atoms with Gasteiger partial charge in [0.15, 0.2) is 0 Å². The molecule has 1 aromatic carbocycles. The van der Waals surface area contributed by atoms with Gasteiger partial charge in [-0.25, -0.2) is 4.98 Å². The molecule has 0 aliphatic heterocycles. The molecule has 2 aromatic rings. The van der Waals surface area contributed by atoms with Gasteiger partial charge in [0.05, 0.1) is 23.2 Å². The average Bonchev–Trinajstić information content (AvgIpc) is 2.74. The highest BCUT2D eigenvalue weighted by Gasteiger charge is 2.13. The Morgan fingerprint density at radius 3 is 2.84 bits per heavy atom. The molecule has 0 fully saturated rings. The Kier molecular flexibility index (Phi) is 4.71. The van der Waals surface area contributed by atoms with Crippen LogP contribution in [0.1, 0.15) is 29.2 Å². The second kappa shape index (κ2) is 6.30. The first-order chi connectivity index (χ1) is 9.06. The number of carbonyl (C=O) groups is 1. The lowest BCUT2D eigenvalue weighted by atomic mass is 10.1. The number of nitrogens with zero attached hydrogens (tertiary/aromatic N) is 1. The van der Waals surface area contributed by atoms with E-state index in [9.17, 15) is 4.79 Å². The fraction of sp³-hybridized carbons (Fsp3) is 0.286. The smallest absolute Gasteiger partial charge is 0.226 e. The highest BCUT2D eigenvalue weighted by Crippen LogP contribution is 2.22. The Balaban J connectivity index is 1.97. The van der Waals surface area contributed by atoms with Crippen molar-refractivity contribution in [3.63, 3.8) is 0 Å². The highest BCUT2D eigenvalue weighted by molar-refractivity contribution is 9.10. The molecule has 3 nitrogen and oxygen atoms in total. The van der Waals surface area contributed by atoms with E-state index in [-0.39, 0.29) is 11.9 Å². The monoisotopic (exact) mass is 338 g/mol. The van der Waals surface area contributed by atoms with Crippen molar-refractivity contribution in [2.75, 3.05) is 0 Å². The van der Waals surface area contributed by atoms with E-state index in [0.29, 0.717) is 6.42 Å². The van der Waals surface area contributed by atoms with Gasteiger partial charge in [0.1, 0.15) is 0 Å². The second-order valence-corrected chi connectivity index (χ2v) is 6.26. The molecule has 1 N–H and O–H groups in total.